The van der Waals surface area contributed by atoms with E-state index in [0.717, 1.165) is 10.7 Å². The number of amides is 1. The van der Waals surface area contributed by atoms with E-state index in [1.54, 1.807) is 11.8 Å². The van der Waals surface area contributed by atoms with Crippen molar-refractivity contribution in [3.8, 4) is 0 Å². The number of allylic oxidation sites excluding steroid dienone is 2. The molecule has 1 amide bonds. The molecule has 1 heterocycles. The minimum absolute atomic E-state index is 0.256. The molecular weight excluding hydrogens is 146 g/mol. The first kappa shape index (κ1) is 7.41. The highest BCUT2D eigenvalue weighted by molar-refractivity contribution is 8.03. The largest absolute Gasteiger partial charge is 0.369 e. The number of primary amides is 1. The molecule has 0 aromatic heterocycles. The maximum Gasteiger partial charge on any atom is 0.222 e. The Morgan fingerprint density at radius 1 is 1.80 bits per heavy atom. The maximum absolute atomic E-state index is 10.4. The lowest BCUT2D eigenvalue weighted by Gasteiger charge is -2.04. The second-order valence-electron chi connectivity index (χ2n) is 2.02. The van der Waals surface area contributed by atoms with Gasteiger partial charge in [0.05, 0.1) is 6.42 Å². The highest BCUT2D eigenvalue weighted by Gasteiger charge is 2.02. The predicted molar refractivity (Wildman–Crippen MR) is 43.5 cm³/mol. The smallest absolute Gasteiger partial charge is 0.222 e. The van der Waals surface area contributed by atoms with Crippen LogP contribution in [0.1, 0.15) is 6.42 Å². The monoisotopic (exact) mass is 155 g/mol. The van der Waals surface area contributed by atoms with Gasteiger partial charge in [0, 0.05) is 5.75 Å². The molecule has 10 heavy (non-hydrogen) atoms. The Bertz CT molecular complexity index is 196. The summed E-state index contributed by atoms with van der Waals surface area (Å²) in [4.78, 5) is 11.5. The molecule has 0 saturated carbocycles. The fraction of sp³-hybridized carbons (Fsp3) is 0.286. The van der Waals surface area contributed by atoms with Gasteiger partial charge in [-0.05, 0) is 4.91 Å². The lowest BCUT2D eigenvalue weighted by molar-refractivity contribution is -0.117. The number of thioether (sulfide) groups is 1. The van der Waals surface area contributed by atoms with Crippen LogP contribution in [0.25, 0.3) is 0 Å². The molecule has 0 aliphatic carbocycles. The SMILES string of the molecule is NC(=O)CC1=CC=CCS1. The lowest BCUT2D eigenvalue weighted by Crippen LogP contribution is -2.10. The third-order valence-corrected chi connectivity index (χ3v) is 2.14. The molecule has 0 unspecified atom stereocenters. The van der Waals surface area contributed by atoms with Crippen LogP contribution in [0.15, 0.2) is 23.1 Å². The number of hydrogen-bond acceptors (Lipinski definition) is 2. The van der Waals surface area contributed by atoms with E-state index in [2.05, 4.69) is 6.08 Å². The van der Waals surface area contributed by atoms with E-state index in [4.69, 9.17) is 5.73 Å². The van der Waals surface area contributed by atoms with Crippen LogP contribution in [0.5, 0.6) is 0 Å². The van der Waals surface area contributed by atoms with Gasteiger partial charge in [0.1, 0.15) is 0 Å². The molecule has 2 N–H and O–H groups in total. The van der Waals surface area contributed by atoms with Gasteiger partial charge in [0.15, 0.2) is 0 Å². The van der Waals surface area contributed by atoms with Crippen LogP contribution in [0.3, 0.4) is 0 Å². The van der Waals surface area contributed by atoms with Crippen molar-refractivity contribution in [3.63, 3.8) is 0 Å². The molecule has 0 spiro atoms. The van der Waals surface area contributed by atoms with E-state index in [1.807, 2.05) is 12.2 Å². The summed E-state index contributed by atoms with van der Waals surface area (Å²) < 4.78 is 0. The number of carbonyl (C=O) groups is 1. The van der Waals surface area contributed by atoms with Crippen molar-refractivity contribution in [3.05, 3.63) is 23.1 Å². The summed E-state index contributed by atoms with van der Waals surface area (Å²) in [6.07, 6.45) is 6.32. The fourth-order valence-electron chi connectivity index (χ4n) is 0.716. The summed E-state index contributed by atoms with van der Waals surface area (Å²) >= 11 is 1.66. The molecule has 0 saturated heterocycles. The van der Waals surface area contributed by atoms with Crippen LogP contribution in [-0.4, -0.2) is 11.7 Å². The Morgan fingerprint density at radius 2 is 2.60 bits per heavy atom. The standard InChI is InChI=1S/C7H9NOS/c8-7(9)5-6-3-1-2-4-10-6/h1-3H,4-5H2,(H2,8,9). The Balaban J connectivity index is 2.47. The topological polar surface area (TPSA) is 43.1 Å². The van der Waals surface area contributed by atoms with Crippen LogP contribution in [0.4, 0.5) is 0 Å². The molecular formula is C7H9NOS. The van der Waals surface area contributed by atoms with E-state index >= 15 is 0 Å². The van der Waals surface area contributed by atoms with Gasteiger partial charge < -0.3 is 5.73 Å². The van der Waals surface area contributed by atoms with E-state index in [-0.39, 0.29) is 5.91 Å². The average Bonchev–Trinajstić information content (AvgIpc) is 1.88. The van der Waals surface area contributed by atoms with Crippen molar-refractivity contribution in [1.29, 1.82) is 0 Å². The van der Waals surface area contributed by atoms with Crippen LogP contribution < -0.4 is 5.73 Å². The van der Waals surface area contributed by atoms with Crippen molar-refractivity contribution in [2.24, 2.45) is 5.73 Å². The molecule has 1 aliphatic heterocycles. The summed E-state index contributed by atoms with van der Waals surface area (Å²) in [5.41, 5.74) is 5.01. The Kier molecular flexibility index (Phi) is 2.57. The molecule has 0 atom stereocenters. The number of hydrogen-bond donors (Lipinski definition) is 1. The van der Waals surface area contributed by atoms with E-state index in [0.29, 0.717) is 6.42 Å². The zero-order valence-electron chi connectivity index (χ0n) is 5.54. The molecule has 1 rings (SSSR count). The second-order valence-corrected chi connectivity index (χ2v) is 3.16. The number of carbonyl (C=O) groups excluding carboxylic acids is 1. The molecule has 0 radical (unpaired) electrons. The van der Waals surface area contributed by atoms with Crippen LogP contribution in [0, 0.1) is 0 Å². The summed E-state index contributed by atoms with van der Waals surface area (Å²) in [5, 5.41) is 0. The van der Waals surface area contributed by atoms with Gasteiger partial charge >= 0.3 is 0 Å². The predicted octanol–water partition coefficient (Wildman–Crippen LogP) is 1.05. The van der Waals surface area contributed by atoms with Crippen molar-refractivity contribution < 1.29 is 4.79 Å². The molecule has 3 heteroatoms. The number of nitrogens with two attached hydrogens (primary N) is 1. The lowest BCUT2D eigenvalue weighted by atomic mass is 10.3. The first-order valence-electron chi connectivity index (χ1n) is 3.06. The normalized spacial score (nSPS) is 16.6. The fourth-order valence-corrected chi connectivity index (χ4v) is 1.56. The number of rotatable bonds is 2. The Hall–Kier alpha value is -0.700. The summed E-state index contributed by atoms with van der Waals surface area (Å²) in [7, 11) is 0. The van der Waals surface area contributed by atoms with Gasteiger partial charge in [-0.2, -0.15) is 0 Å². The van der Waals surface area contributed by atoms with Gasteiger partial charge in [-0.1, -0.05) is 18.2 Å². The zero-order valence-corrected chi connectivity index (χ0v) is 6.36. The molecule has 1 aliphatic rings. The molecule has 54 valence electrons. The molecule has 0 aromatic rings. The molecule has 2 nitrogen and oxygen atoms in total. The zero-order chi connectivity index (χ0) is 7.40. The molecule has 0 bridgehead atoms. The third-order valence-electron chi connectivity index (χ3n) is 1.13. The minimum Gasteiger partial charge on any atom is -0.369 e. The first-order chi connectivity index (χ1) is 4.79. The minimum atomic E-state index is -0.256. The van der Waals surface area contributed by atoms with E-state index in [1.165, 1.54) is 0 Å². The third kappa shape index (κ3) is 2.27. The van der Waals surface area contributed by atoms with Gasteiger partial charge in [-0.3, -0.25) is 4.79 Å². The highest BCUT2D eigenvalue weighted by atomic mass is 32.2. The van der Waals surface area contributed by atoms with Gasteiger partial charge in [0.2, 0.25) is 5.91 Å². The summed E-state index contributed by atoms with van der Waals surface area (Å²) in [5.74, 6) is 0.702. The second kappa shape index (κ2) is 3.46. The Labute approximate surface area is 64.2 Å². The summed E-state index contributed by atoms with van der Waals surface area (Å²) in [6.45, 7) is 0. The van der Waals surface area contributed by atoms with Gasteiger partial charge in [-0.15, -0.1) is 11.8 Å². The van der Waals surface area contributed by atoms with E-state index in [9.17, 15) is 4.79 Å². The van der Waals surface area contributed by atoms with E-state index < -0.39 is 0 Å². The maximum atomic E-state index is 10.4. The average molecular weight is 155 g/mol. The van der Waals surface area contributed by atoms with Crippen molar-refractivity contribution in [2.45, 2.75) is 6.42 Å². The van der Waals surface area contributed by atoms with Crippen LogP contribution in [0.2, 0.25) is 0 Å². The first-order valence-corrected chi connectivity index (χ1v) is 4.04. The van der Waals surface area contributed by atoms with Crippen molar-refractivity contribution in [2.75, 3.05) is 5.75 Å². The summed E-state index contributed by atoms with van der Waals surface area (Å²) in [6, 6.07) is 0. The van der Waals surface area contributed by atoms with Crippen LogP contribution >= 0.6 is 11.8 Å². The van der Waals surface area contributed by atoms with Gasteiger partial charge in [-0.25, -0.2) is 0 Å². The molecule has 0 aromatic carbocycles. The van der Waals surface area contributed by atoms with Gasteiger partial charge in [0.25, 0.3) is 0 Å². The highest BCUT2D eigenvalue weighted by Crippen LogP contribution is 2.22. The molecule has 0 fully saturated rings. The van der Waals surface area contributed by atoms with Crippen molar-refractivity contribution in [1.82, 2.24) is 0 Å². The van der Waals surface area contributed by atoms with Crippen molar-refractivity contribution >= 4 is 17.7 Å². The van der Waals surface area contributed by atoms with Crippen LogP contribution in [-0.2, 0) is 4.79 Å². The Morgan fingerprint density at radius 3 is 3.10 bits per heavy atom. The quantitative estimate of drug-likeness (QED) is 0.647.